The summed E-state index contributed by atoms with van der Waals surface area (Å²) in [6.07, 6.45) is -0.932. The zero-order valence-corrected chi connectivity index (χ0v) is 9.97. The Morgan fingerprint density at radius 2 is 2.11 bits per heavy atom. The number of hydrogen-bond donors (Lipinski definition) is 1. The number of hydrogen-bond acceptors (Lipinski definition) is 4. The zero-order valence-electron chi connectivity index (χ0n) is 9.97. The van der Waals surface area contributed by atoms with E-state index in [4.69, 9.17) is 14.3 Å². The first kappa shape index (κ1) is 12.2. The fourth-order valence-electron chi connectivity index (χ4n) is 1.63. The molecule has 0 unspecified atom stereocenters. The SMILES string of the molecule is Cc1cc(=O)oc2ccc(O[C@H](C)C(=O)O)cc12. The lowest BCUT2D eigenvalue weighted by Crippen LogP contribution is -2.22. The van der Waals surface area contributed by atoms with Gasteiger partial charge in [0.25, 0.3) is 0 Å². The van der Waals surface area contributed by atoms with E-state index in [-0.39, 0.29) is 0 Å². The van der Waals surface area contributed by atoms with Crippen LogP contribution in [0.5, 0.6) is 5.75 Å². The van der Waals surface area contributed by atoms with Gasteiger partial charge < -0.3 is 14.3 Å². The van der Waals surface area contributed by atoms with Crippen molar-refractivity contribution in [1.29, 1.82) is 0 Å². The van der Waals surface area contributed by atoms with Gasteiger partial charge in [0.2, 0.25) is 0 Å². The molecule has 1 atom stereocenters. The highest BCUT2D eigenvalue weighted by molar-refractivity contribution is 5.81. The van der Waals surface area contributed by atoms with Crippen LogP contribution in [0.25, 0.3) is 11.0 Å². The van der Waals surface area contributed by atoms with Gasteiger partial charge in [-0.3, -0.25) is 0 Å². The van der Waals surface area contributed by atoms with Gasteiger partial charge in [0.1, 0.15) is 11.3 Å². The van der Waals surface area contributed by atoms with Gasteiger partial charge in [0.05, 0.1) is 0 Å². The third-order valence-electron chi connectivity index (χ3n) is 2.58. The van der Waals surface area contributed by atoms with Gasteiger partial charge in [-0.1, -0.05) is 0 Å². The van der Waals surface area contributed by atoms with E-state index in [0.717, 1.165) is 10.9 Å². The molecule has 0 aliphatic carbocycles. The lowest BCUT2D eigenvalue weighted by atomic mass is 10.1. The maximum absolute atomic E-state index is 11.2. The molecule has 0 saturated heterocycles. The molecule has 2 rings (SSSR count). The van der Waals surface area contributed by atoms with Crippen LogP contribution in [-0.4, -0.2) is 17.2 Å². The topological polar surface area (TPSA) is 76.7 Å². The molecule has 1 aromatic heterocycles. The number of carboxylic acid groups (broad SMARTS) is 1. The Bertz CT molecular complexity index is 656. The maximum Gasteiger partial charge on any atom is 0.344 e. The van der Waals surface area contributed by atoms with Gasteiger partial charge >= 0.3 is 11.6 Å². The molecule has 0 amide bonds. The molecule has 0 aliphatic heterocycles. The second kappa shape index (κ2) is 4.52. The molecule has 0 radical (unpaired) electrons. The van der Waals surface area contributed by atoms with Crippen LogP contribution in [0.4, 0.5) is 0 Å². The molecule has 0 bridgehead atoms. The highest BCUT2D eigenvalue weighted by Gasteiger charge is 2.13. The van der Waals surface area contributed by atoms with E-state index >= 15 is 0 Å². The van der Waals surface area contributed by atoms with E-state index in [9.17, 15) is 9.59 Å². The molecule has 18 heavy (non-hydrogen) atoms. The van der Waals surface area contributed by atoms with E-state index < -0.39 is 17.7 Å². The molecule has 0 saturated carbocycles. The third kappa shape index (κ3) is 2.34. The van der Waals surface area contributed by atoms with Crippen LogP contribution in [0.3, 0.4) is 0 Å². The van der Waals surface area contributed by atoms with Crippen molar-refractivity contribution in [1.82, 2.24) is 0 Å². The van der Waals surface area contributed by atoms with Crippen LogP contribution in [-0.2, 0) is 4.79 Å². The van der Waals surface area contributed by atoms with Gasteiger partial charge in [0, 0.05) is 11.5 Å². The Hall–Kier alpha value is -2.30. The van der Waals surface area contributed by atoms with Crippen molar-refractivity contribution in [3.63, 3.8) is 0 Å². The Morgan fingerprint density at radius 3 is 2.78 bits per heavy atom. The Morgan fingerprint density at radius 1 is 1.39 bits per heavy atom. The summed E-state index contributed by atoms with van der Waals surface area (Å²) in [6.45, 7) is 3.23. The second-order valence-electron chi connectivity index (χ2n) is 4.00. The number of fused-ring (bicyclic) bond motifs is 1. The predicted molar refractivity (Wildman–Crippen MR) is 64.9 cm³/mol. The average Bonchev–Trinajstić information content (AvgIpc) is 2.29. The van der Waals surface area contributed by atoms with E-state index in [1.807, 2.05) is 0 Å². The molecule has 5 heteroatoms. The van der Waals surface area contributed by atoms with Crippen molar-refractivity contribution in [3.05, 3.63) is 40.2 Å². The summed E-state index contributed by atoms with van der Waals surface area (Å²) in [5.41, 5.74) is 0.803. The first-order valence-electron chi connectivity index (χ1n) is 5.41. The van der Waals surface area contributed by atoms with Gasteiger partial charge in [-0.05, 0) is 37.6 Å². The van der Waals surface area contributed by atoms with Crippen molar-refractivity contribution in [3.8, 4) is 5.75 Å². The van der Waals surface area contributed by atoms with Crippen molar-refractivity contribution in [2.24, 2.45) is 0 Å². The van der Waals surface area contributed by atoms with Crippen LogP contribution in [0, 0.1) is 6.92 Å². The molecule has 1 aromatic carbocycles. The largest absolute Gasteiger partial charge is 0.479 e. The average molecular weight is 248 g/mol. The molecule has 2 aromatic rings. The number of aryl methyl sites for hydroxylation is 1. The number of carboxylic acids is 1. The number of aliphatic carboxylic acids is 1. The van der Waals surface area contributed by atoms with Gasteiger partial charge in [-0.15, -0.1) is 0 Å². The number of carbonyl (C=O) groups is 1. The number of rotatable bonds is 3. The summed E-state index contributed by atoms with van der Waals surface area (Å²) in [7, 11) is 0. The molecule has 5 nitrogen and oxygen atoms in total. The number of ether oxygens (including phenoxy) is 1. The molecule has 0 aliphatic rings. The fourth-order valence-corrected chi connectivity index (χ4v) is 1.63. The van der Waals surface area contributed by atoms with Crippen LogP contribution < -0.4 is 10.4 Å². The maximum atomic E-state index is 11.2. The van der Waals surface area contributed by atoms with Gasteiger partial charge in [0.15, 0.2) is 6.10 Å². The lowest BCUT2D eigenvalue weighted by Gasteiger charge is -2.11. The summed E-state index contributed by atoms with van der Waals surface area (Å²) in [6, 6.07) is 6.21. The molecule has 94 valence electrons. The molecule has 0 spiro atoms. The first-order valence-corrected chi connectivity index (χ1v) is 5.41. The van der Waals surface area contributed by atoms with E-state index in [1.165, 1.54) is 13.0 Å². The minimum absolute atomic E-state index is 0.410. The minimum atomic E-state index is -1.04. The summed E-state index contributed by atoms with van der Waals surface area (Å²) < 4.78 is 10.3. The second-order valence-corrected chi connectivity index (χ2v) is 4.00. The standard InChI is InChI=1S/C13H12O5/c1-7-5-12(14)18-11-4-3-9(6-10(7)11)17-8(2)13(15)16/h3-6,8H,1-2H3,(H,15,16)/t8-/m1/s1. The zero-order chi connectivity index (χ0) is 13.3. The minimum Gasteiger partial charge on any atom is -0.479 e. The van der Waals surface area contributed by atoms with Crippen molar-refractivity contribution in [2.45, 2.75) is 20.0 Å². The first-order chi connectivity index (χ1) is 8.47. The third-order valence-corrected chi connectivity index (χ3v) is 2.58. The quantitative estimate of drug-likeness (QED) is 0.840. The Kier molecular flexibility index (Phi) is 3.06. The van der Waals surface area contributed by atoms with E-state index in [2.05, 4.69) is 0 Å². The molecule has 0 fully saturated rings. The van der Waals surface area contributed by atoms with Crippen LogP contribution in [0.1, 0.15) is 12.5 Å². The van der Waals surface area contributed by atoms with Crippen molar-refractivity contribution >= 4 is 16.9 Å². The van der Waals surface area contributed by atoms with Crippen LogP contribution in [0.15, 0.2) is 33.5 Å². The highest BCUT2D eigenvalue weighted by atomic mass is 16.5. The molecule has 1 N–H and O–H groups in total. The van der Waals surface area contributed by atoms with E-state index in [1.54, 1.807) is 25.1 Å². The monoisotopic (exact) mass is 248 g/mol. The van der Waals surface area contributed by atoms with Gasteiger partial charge in [-0.25, -0.2) is 9.59 Å². The van der Waals surface area contributed by atoms with Crippen LogP contribution in [0.2, 0.25) is 0 Å². The van der Waals surface area contributed by atoms with Gasteiger partial charge in [-0.2, -0.15) is 0 Å². The molecule has 1 heterocycles. The highest BCUT2D eigenvalue weighted by Crippen LogP contribution is 2.23. The summed E-state index contributed by atoms with van der Waals surface area (Å²) in [4.78, 5) is 21.9. The Balaban J connectivity index is 2.44. The van der Waals surface area contributed by atoms with E-state index in [0.29, 0.717) is 11.3 Å². The lowest BCUT2D eigenvalue weighted by molar-refractivity contribution is -0.144. The predicted octanol–water partition coefficient (Wildman–Crippen LogP) is 1.95. The summed E-state index contributed by atoms with van der Waals surface area (Å²) >= 11 is 0. The van der Waals surface area contributed by atoms with Crippen molar-refractivity contribution < 1.29 is 19.1 Å². The van der Waals surface area contributed by atoms with Crippen molar-refractivity contribution in [2.75, 3.05) is 0 Å². The smallest absolute Gasteiger partial charge is 0.344 e. The summed E-state index contributed by atoms with van der Waals surface area (Å²) in [5.74, 6) is -0.610. The molecular formula is C13H12O5. The number of benzene rings is 1. The Labute approximate surface area is 103 Å². The van der Waals surface area contributed by atoms with Crippen LogP contribution >= 0.6 is 0 Å². The summed E-state index contributed by atoms with van der Waals surface area (Å²) in [5, 5.41) is 9.49. The normalized spacial score (nSPS) is 12.3. The fraction of sp³-hybridized carbons (Fsp3) is 0.231. The molecular weight excluding hydrogens is 236 g/mol.